The molecule has 0 fully saturated rings. The molecule has 1 unspecified atom stereocenters. The van der Waals surface area contributed by atoms with Crippen LogP contribution in [0.25, 0.3) is 0 Å². The molecule has 4 heteroatoms. The van der Waals surface area contributed by atoms with Gasteiger partial charge in [-0.15, -0.1) is 0 Å². The van der Waals surface area contributed by atoms with Crippen LogP contribution in [0, 0.1) is 0 Å². The highest BCUT2D eigenvalue weighted by Crippen LogP contribution is 2.29. The lowest BCUT2D eigenvalue weighted by Crippen LogP contribution is -2.25. The van der Waals surface area contributed by atoms with Crippen molar-refractivity contribution in [3.05, 3.63) is 47.2 Å². The molecule has 1 N–H and O–H groups in total. The summed E-state index contributed by atoms with van der Waals surface area (Å²) in [6.45, 7) is 4.01. The van der Waals surface area contributed by atoms with Crippen LogP contribution in [0.4, 0.5) is 0 Å². The average molecular weight is 244 g/mol. The average Bonchev–Trinajstić information content (AvgIpc) is 2.39. The van der Waals surface area contributed by atoms with Crippen molar-refractivity contribution >= 4 is 12.3 Å². The number of ether oxygens (including phenoxy) is 1. The van der Waals surface area contributed by atoms with Crippen LogP contribution in [0.5, 0.6) is 0 Å². The van der Waals surface area contributed by atoms with Crippen LogP contribution in [-0.2, 0) is 9.53 Å². The van der Waals surface area contributed by atoms with Gasteiger partial charge in [0.2, 0.25) is 0 Å². The molecule has 0 radical (unpaired) electrons. The second kappa shape index (κ2) is 5.49. The molecule has 1 heterocycles. The highest BCUT2D eigenvalue weighted by molar-refractivity contribution is 5.92. The van der Waals surface area contributed by atoms with Crippen LogP contribution in [0.15, 0.2) is 46.6 Å². The van der Waals surface area contributed by atoms with Gasteiger partial charge in [0.1, 0.15) is 6.04 Å². The molecule has 0 saturated heterocycles. The molecule has 1 aliphatic heterocycles. The summed E-state index contributed by atoms with van der Waals surface area (Å²) < 4.78 is 5.09. The number of carbonyl (C=O) groups is 1. The minimum atomic E-state index is -0.312. The summed E-state index contributed by atoms with van der Waals surface area (Å²) in [7, 11) is 0. The number of hydrogen-bond acceptors (Lipinski definition) is 4. The fourth-order valence-corrected chi connectivity index (χ4v) is 1.93. The van der Waals surface area contributed by atoms with E-state index in [1.165, 1.54) is 0 Å². The first-order chi connectivity index (χ1) is 8.74. The topological polar surface area (TPSA) is 50.7 Å². The van der Waals surface area contributed by atoms with Crippen LogP contribution in [0.3, 0.4) is 0 Å². The molecule has 0 amide bonds. The van der Waals surface area contributed by atoms with Crippen LogP contribution < -0.4 is 5.32 Å². The van der Waals surface area contributed by atoms with Crippen LogP contribution in [0.1, 0.15) is 25.5 Å². The second-order valence-corrected chi connectivity index (χ2v) is 3.99. The van der Waals surface area contributed by atoms with Crippen molar-refractivity contribution < 1.29 is 9.53 Å². The molecule has 94 valence electrons. The minimum Gasteiger partial charge on any atom is -0.463 e. The van der Waals surface area contributed by atoms with Crippen molar-refractivity contribution in [2.45, 2.75) is 19.9 Å². The number of allylic oxidation sites excluding steroid dienone is 1. The molecule has 0 aliphatic carbocycles. The van der Waals surface area contributed by atoms with Crippen molar-refractivity contribution in [1.29, 1.82) is 0 Å². The Morgan fingerprint density at radius 1 is 1.39 bits per heavy atom. The van der Waals surface area contributed by atoms with Crippen molar-refractivity contribution in [3.8, 4) is 0 Å². The number of benzene rings is 1. The fraction of sp³-hybridized carbons (Fsp3) is 0.286. The van der Waals surface area contributed by atoms with Crippen LogP contribution in [-0.4, -0.2) is 18.9 Å². The smallest absolute Gasteiger partial charge is 0.338 e. The third-order valence-corrected chi connectivity index (χ3v) is 2.79. The number of hydrogen-bond donors (Lipinski definition) is 1. The molecule has 18 heavy (non-hydrogen) atoms. The summed E-state index contributed by atoms with van der Waals surface area (Å²) >= 11 is 0. The van der Waals surface area contributed by atoms with Crippen molar-refractivity contribution in [1.82, 2.24) is 5.32 Å². The van der Waals surface area contributed by atoms with Gasteiger partial charge in [-0.1, -0.05) is 30.3 Å². The zero-order valence-corrected chi connectivity index (χ0v) is 10.5. The predicted octanol–water partition coefficient (Wildman–Crippen LogP) is 2.20. The maximum Gasteiger partial charge on any atom is 0.338 e. The third kappa shape index (κ3) is 2.42. The van der Waals surface area contributed by atoms with Crippen molar-refractivity contribution in [2.24, 2.45) is 4.99 Å². The summed E-state index contributed by atoms with van der Waals surface area (Å²) in [5.74, 6) is -0.312. The van der Waals surface area contributed by atoms with E-state index in [-0.39, 0.29) is 12.0 Å². The number of nitrogens with one attached hydrogen (secondary N) is 1. The molecule has 1 aromatic carbocycles. The van der Waals surface area contributed by atoms with E-state index < -0.39 is 0 Å². The lowest BCUT2D eigenvalue weighted by atomic mass is 9.97. The number of esters is 1. The Hall–Kier alpha value is -2.10. The first-order valence-corrected chi connectivity index (χ1v) is 5.95. The van der Waals surface area contributed by atoms with Gasteiger partial charge in [-0.3, -0.25) is 4.99 Å². The normalized spacial score (nSPS) is 18.4. The molecule has 0 spiro atoms. The van der Waals surface area contributed by atoms with E-state index in [1.54, 1.807) is 13.3 Å². The van der Waals surface area contributed by atoms with Gasteiger partial charge in [-0.2, -0.15) is 0 Å². The van der Waals surface area contributed by atoms with Gasteiger partial charge in [0.15, 0.2) is 0 Å². The first-order valence-electron chi connectivity index (χ1n) is 5.95. The van der Waals surface area contributed by atoms with E-state index in [2.05, 4.69) is 10.3 Å². The maximum absolute atomic E-state index is 12.0. The molecule has 1 aliphatic rings. The van der Waals surface area contributed by atoms with Crippen molar-refractivity contribution in [2.75, 3.05) is 6.61 Å². The van der Waals surface area contributed by atoms with Gasteiger partial charge in [0.25, 0.3) is 0 Å². The van der Waals surface area contributed by atoms with Crippen molar-refractivity contribution in [3.63, 3.8) is 0 Å². The van der Waals surface area contributed by atoms with Gasteiger partial charge in [0, 0.05) is 5.70 Å². The Morgan fingerprint density at radius 3 is 2.78 bits per heavy atom. The van der Waals surface area contributed by atoms with E-state index in [0.717, 1.165) is 11.3 Å². The van der Waals surface area contributed by atoms with Gasteiger partial charge >= 0.3 is 5.97 Å². The minimum absolute atomic E-state index is 0.286. The Labute approximate surface area is 106 Å². The number of nitrogens with zero attached hydrogens (tertiary/aromatic N) is 1. The lowest BCUT2D eigenvalue weighted by molar-refractivity contribution is -0.138. The van der Waals surface area contributed by atoms with E-state index in [0.29, 0.717) is 12.2 Å². The number of carbonyl (C=O) groups excluding carboxylic acids is 1. The Balaban J connectivity index is 2.36. The summed E-state index contributed by atoms with van der Waals surface area (Å²) in [5.41, 5.74) is 2.35. The summed E-state index contributed by atoms with van der Waals surface area (Å²) in [6, 6.07) is 9.44. The standard InChI is InChI=1S/C14H16N2O2/c1-3-18-14(17)12-10(2)15-9-16-13(12)11-7-5-4-6-8-11/h4-9,13H,3H2,1-2H3,(H,15,16). The van der Waals surface area contributed by atoms with Gasteiger partial charge in [0.05, 0.1) is 18.5 Å². The zero-order valence-electron chi connectivity index (χ0n) is 10.5. The molecule has 1 aromatic rings. The predicted molar refractivity (Wildman–Crippen MR) is 70.1 cm³/mol. The molecular formula is C14H16N2O2. The molecule has 0 bridgehead atoms. The highest BCUT2D eigenvalue weighted by atomic mass is 16.5. The van der Waals surface area contributed by atoms with Gasteiger partial charge < -0.3 is 10.1 Å². The number of rotatable bonds is 3. The molecular weight excluding hydrogens is 228 g/mol. The monoisotopic (exact) mass is 244 g/mol. The van der Waals surface area contributed by atoms with E-state index >= 15 is 0 Å². The summed E-state index contributed by atoms with van der Waals surface area (Å²) in [4.78, 5) is 16.3. The SMILES string of the molecule is CCOC(=O)C1=C(C)NC=NC1c1ccccc1. The van der Waals surface area contributed by atoms with Crippen LogP contribution in [0.2, 0.25) is 0 Å². The zero-order chi connectivity index (χ0) is 13.0. The fourth-order valence-electron chi connectivity index (χ4n) is 1.93. The largest absolute Gasteiger partial charge is 0.463 e. The maximum atomic E-state index is 12.0. The third-order valence-electron chi connectivity index (χ3n) is 2.79. The Morgan fingerprint density at radius 2 is 2.11 bits per heavy atom. The number of aliphatic imine (C=N–C) groups is 1. The van der Waals surface area contributed by atoms with Gasteiger partial charge in [-0.05, 0) is 19.4 Å². The highest BCUT2D eigenvalue weighted by Gasteiger charge is 2.27. The molecule has 0 aromatic heterocycles. The Kier molecular flexibility index (Phi) is 3.77. The molecule has 1 atom stereocenters. The second-order valence-electron chi connectivity index (χ2n) is 3.99. The van der Waals surface area contributed by atoms with E-state index in [1.807, 2.05) is 37.3 Å². The Bertz CT molecular complexity index is 492. The first kappa shape index (κ1) is 12.4. The van der Waals surface area contributed by atoms with E-state index in [9.17, 15) is 4.79 Å². The lowest BCUT2D eigenvalue weighted by Gasteiger charge is -2.22. The summed E-state index contributed by atoms with van der Waals surface area (Å²) in [5, 5.41) is 2.96. The van der Waals surface area contributed by atoms with E-state index in [4.69, 9.17) is 4.74 Å². The molecule has 0 saturated carbocycles. The quantitative estimate of drug-likeness (QED) is 0.829. The molecule has 2 rings (SSSR count). The van der Waals surface area contributed by atoms with Crippen LogP contribution >= 0.6 is 0 Å². The van der Waals surface area contributed by atoms with Gasteiger partial charge in [-0.25, -0.2) is 4.79 Å². The molecule has 4 nitrogen and oxygen atoms in total. The summed E-state index contributed by atoms with van der Waals surface area (Å²) in [6.07, 6.45) is 1.62.